The SMILES string of the molecule is COCC(CNc1nc(C(=O)O)ccc1N)OC. The van der Waals surface area contributed by atoms with Gasteiger partial charge in [0.2, 0.25) is 0 Å². The van der Waals surface area contributed by atoms with Crippen molar-refractivity contribution in [3.8, 4) is 0 Å². The second kappa shape index (κ2) is 6.77. The van der Waals surface area contributed by atoms with Crippen LogP contribution in [0.1, 0.15) is 10.5 Å². The van der Waals surface area contributed by atoms with Gasteiger partial charge in [0.05, 0.1) is 18.4 Å². The molecule has 0 amide bonds. The highest BCUT2D eigenvalue weighted by molar-refractivity contribution is 5.86. The van der Waals surface area contributed by atoms with Gasteiger partial charge in [0.15, 0.2) is 5.69 Å². The van der Waals surface area contributed by atoms with E-state index in [-0.39, 0.29) is 11.8 Å². The van der Waals surface area contributed by atoms with Gasteiger partial charge in [0, 0.05) is 20.8 Å². The molecule has 0 aliphatic carbocycles. The fourth-order valence-corrected chi connectivity index (χ4v) is 1.34. The van der Waals surface area contributed by atoms with Gasteiger partial charge in [-0.15, -0.1) is 0 Å². The van der Waals surface area contributed by atoms with Gasteiger partial charge in [-0.1, -0.05) is 0 Å². The number of ether oxygens (including phenoxy) is 2. The van der Waals surface area contributed by atoms with Crippen molar-refractivity contribution >= 4 is 17.5 Å². The number of nitrogens with zero attached hydrogens (tertiary/aromatic N) is 1. The van der Waals surface area contributed by atoms with Gasteiger partial charge in [-0.05, 0) is 12.1 Å². The maximum Gasteiger partial charge on any atom is 0.354 e. The largest absolute Gasteiger partial charge is 0.477 e. The zero-order chi connectivity index (χ0) is 13.5. The molecule has 1 aromatic rings. The Balaban J connectivity index is 2.71. The van der Waals surface area contributed by atoms with E-state index in [1.165, 1.54) is 12.1 Å². The third-order valence-corrected chi connectivity index (χ3v) is 2.33. The molecular weight excluding hydrogens is 238 g/mol. The number of pyridine rings is 1. The first-order valence-electron chi connectivity index (χ1n) is 5.34. The average molecular weight is 255 g/mol. The highest BCUT2D eigenvalue weighted by atomic mass is 16.5. The number of carbonyl (C=O) groups is 1. The van der Waals surface area contributed by atoms with Crippen molar-refractivity contribution in [3.63, 3.8) is 0 Å². The smallest absolute Gasteiger partial charge is 0.354 e. The van der Waals surface area contributed by atoms with Crippen LogP contribution in [0.3, 0.4) is 0 Å². The first kappa shape index (κ1) is 14.2. The van der Waals surface area contributed by atoms with Crippen LogP contribution < -0.4 is 11.1 Å². The molecular formula is C11H17N3O4. The Morgan fingerprint density at radius 3 is 2.83 bits per heavy atom. The lowest BCUT2D eigenvalue weighted by Gasteiger charge is -2.16. The summed E-state index contributed by atoms with van der Waals surface area (Å²) in [7, 11) is 3.14. The Hall–Kier alpha value is -1.86. The molecule has 0 aliphatic heterocycles. The monoisotopic (exact) mass is 255 g/mol. The fourth-order valence-electron chi connectivity index (χ4n) is 1.34. The van der Waals surface area contributed by atoms with Crippen molar-refractivity contribution in [3.05, 3.63) is 17.8 Å². The second-order valence-electron chi connectivity index (χ2n) is 3.63. The van der Waals surface area contributed by atoms with E-state index >= 15 is 0 Å². The first-order chi connectivity index (χ1) is 8.58. The van der Waals surface area contributed by atoms with E-state index in [0.717, 1.165) is 0 Å². The van der Waals surface area contributed by atoms with Crippen molar-refractivity contribution in [2.24, 2.45) is 0 Å². The Morgan fingerprint density at radius 1 is 1.56 bits per heavy atom. The van der Waals surface area contributed by atoms with E-state index < -0.39 is 5.97 Å². The van der Waals surface area contributed by atoms with Gasteiger partial charge in [-0.25, -0.2) is 9.78 Å². The molecule has 100 valence electrons. The van der Waals surface area contributed by atoms with Crippen molar-refractivity contribution < 1.29 is 19.4 Å². The van der Waals surface area contributed by atoms with Gasteiger partial charge in [0.25, 0.3) is 0 Å². The van der Waals surface area contributed by atoms with Gasteiger partial charge >= 0.3 is 5.97 Å². The van der Waals surface area contributed by atoms with Crippen LogP contribution in [0.25, 0.3) is 0 Å². The summed E-state index contributed by atoms with van der Waals surface area (Å²) in [6.07, 6.45) is -0.162. The number of nitrogens with one attached hydrogen (secondary N) is 1. The maximum absolute atomic E-state index is 10.8. The van der Waals surface area contributed by atoms with Gasteiger partial charge in [-0.2, -0.15) is 0 Å². The highest BCUT2D eigenvalue weighted by Gasteiger charge is 2.11. The summed E-state index contributed by atoms with van der Waals surface area (Å²) in [5, 5.41) is 11.8. The van der Waals surface area contributed by atoms with E-state index in [1.807, 2.05) is 0 Å². The van der Waals surface area contributed by atoms with E-state index in [1.54, 1.807) is 14.2 Å². The lowest BCUT2D eigenvalue weighted by atomic mass is 10.3. The molecule has 0 aromatic carbocycles. The molecule has 18 heavy (non-hydrogen) atoms. The van der Waals surface area contributed by atoms with Gasteiger partial charge < -0.3 is 25.6 Å². The van der Waals surface area contributed by atoms with Crippen LogP contribution in [0.2, 0.25) is 0 Å². The van der Waals surface area contributed by atoms with Crippen LogP contribution >= 0.6 is 0 Å². The number of hydrogen-bond acceptors (Lipinski definition) is 6. The van der Waals surface area contributed by atoms with Crippen LogP contribution in [0, 0.1) is 0 Å². The first-order valence-corrected chi connectivity index (χ1v) is 5.34. The van der Waals surface area contributed by atoms with Crippen molar-refractivity contribution in [1.29, 1.82) is 0 Å². The number of nitrogen functional groups attached to an aromatic ring is 1. The molecule has 4 N–H and O–H groups in total. The standard InChI is InChI=1S/C11H17N3O4/c1-17-6-7(18-2)5-13-10-8(12)3-4-9(14-10)11(15)16/h3-4,7H,5-6,12H2,1-2H3,(H,13,14)(H,15,16). The molecule has 7 nitrogen and oxygen atoms in total. The number of hydrogen-bond donors (Lipinski definition) is 3. The van der Waals surface area contributed by atoms with Crippen LogP contribution in [0.5, 0.6) is 0 Å². The Bertz CT molecular complexity index is 411. The summed E-state index contributed by atoms with van der Waals surface area (Å²) in [5.74, 6) is -0.772. The number of carboxylic acids is 1. The summed E-state index contributed by atoms with van der Waals surface area (Å²) in [4.78, 5) is 14.7. The van der Waals surface area contributed by atoms with E-state index in [9.17, 15) is 4.79 Å². The minimum absolute atomic E-state index is 0.0626. The van der Waals surface area contributed by atoms with Crippen LogP contribution in [0.15, 0.2) is 12.1 Å². The third kappa shape index (κ3) is 3.86. The lowest BCUT2D eigenvalue weighted by molar-refractivity contribution is 0.0365. The number of aromatic nitrogens is 1. The zero-order valence-corrected chi connectivity index (χ0v) is 10.3. The van der Waals surface area contributed by atoms with Crippen LogP contribution in [-0.2, 0) is 9.47 Å². The average Bonchev–Trinajstić information content (AvgIpc) is 2.35. The molecule has 0 fully saturated rings. The number of aromatic carboxylic acids is 1. The summed E-state index contributed by atoms with van der Waals surface area (Å²) in [6.45, 7) is 0.840. The van der Waals surface area contributed by atoms with E-state index in [2.05, 4.69) is 10.3 Å². The molecule has 0 saturated heterocycles. The number of nitrogens with two attached hydrogens (primary N) is 1. The molecule has 0 radical (unpaired) electrons. The lowest BCUT2D eigenvalue weighted by Crippen LogP contribution is -2.27. The molecule has 0 aliphatic rings. The molecule has 1 heterocycles. The van der Waals surface area contributed by atoms with Crippen LogP contribution in [-0.4, -0.2) is 49.5 Å². The Morgan fingerprint density at radius 2 is 2.28 bits per heavy atom. The minimum atomic E-state index is -1.10. The molecule has 1 unspecified atom stereocenters. The molecule has 0 bridgehead atoms. The second-order valence-corrected chi connectivity index (χ2v) is 3.63. The van der Waals surface area contributed by atoms with E-state index in [0.29, 0.717) is 24.7 Å². The van der Waals surface area contributed by atoms with Gasteiger partial charge in [0.1, 0.15) is 5.82 Å². The third-order valence-electron chi connectivity index (χ3n) is 2.33. The summed E-state index contributed by atoms with van der Waals surface area (Å²) < 4.78 is 10.1. The van der Waals surface area contributed by atoms with Crippen LogP contribution in [0.4, 0.5) is 11.5 Å². The fraction of sp³-hybridized carbons (Fsp3) is 0.455. The summed E-state index contributed by atoms with van der Waals surface area (Å²) in [5.41, 5.74) is 6.02. The predicted molar refractivity (Wildman–Crippen MR) is 66.8 cm³/mol. The van der Waals surface area contributed by atoms with Crippen molar-refractivity contribution in [2.75, 3.05) is 38.4 Å². The predicted octanol–water partition coefficient (Wildman–Crippen LogP) is 0.435. The van der Waals surface area contributed by atoms with Crippen molar-refractivity contribution in [2.45, 2.75) is 6.10 Å². The zero-order valence-electron chi connectivity index (χ0n) is 10.3. The topological polar surface area (TPSA) is 107 Å². The maximum atomic E-state index is 10.8. The number of anilines is 2. The van der Waals surface area contributed by atoms with E-state index in [4.69, 9.17) is 20.3 Å². The minimum Gasteiger partial charge on any atom is -0.477 e. The Labute approximate surface area is 105 Å². The molecule has 1 atom stereocenters. The molecule has 1 rings (SSSR count). The summed E-state index contributed by atoms with van der Waals surface area (Å²) >= 11 is 0. The highest BCUT2D eigenvalue weighted by Crippen LogP contribution is 2.15. The molecule has 0 saturated carbocycles. The molecule has 7 heteroatoms. The van der Waals surface area contributed by atoms with Gasteiger partial charge in [-0.3, -0.25) is 0 Å². The molecule has 1 aromatic heterocycles. The molecule has 0 spiro atoms. The Kier molecular flexibility index (Phi) is 5.34. The van der Waals surface area contributed by atoms with Crippen molar-refractivity contribution in [1.82, 2.24) is 4.98 Å². The quantitative estimate of drug-likeness (QED) is 0.648. The number of carboxylic acid groups (broad SMARTS) is 1. The number of methoxy groups -OCH3 is 2. The number of rotatable bonds is 7. The summed E-state index contributed by atoms with van der Waals surface area (Å²) in [6, 6.07) is 2.85. The normalized spacial score (nSPS) is 12.1.